The fraction of sp³-hybridized carbons (Fsp3) is 0.333. The molecular weight excluding hydrogens is 192 g/mol. The van der Waals surface area contributed by atoms with E-state index < -0.39 is 11.4 Å². The first-order valence-corrected chi connectivity index (χ1v) is 4.74. The van der Waals surface area contributed by atoms with Crippen molar-refractivity contribution in [2.75, 3.05) is 0 Å². The monoisotopic (exact) mass is 206 g/mol. The van der Waals surface area contributed by atoms with Gasteiger partial charge in [0, 0.05) is 0 Å². The van der Waals surface area contributed by atoms with Gasteiger partial charge in [0.05, 0.1) is 0 Å². The van der Waals surface area contributed by atoms with E-state index in [1.165, 1.54) is 13.8 Å². The van der Waals surface area contributed by atoms with E-state index in [9.17, 15) is 9.59 Å². The van der Waals surface area contributed by atoms with E-state index in [0.29, 0.717) is 6.29 Å². The van der Waals surface area contributed by atoms with E-state index in [4.69, 9.17) is 4.74 Å². The number of esters is 1. The molecule has 0 bridgehead atoms. The highest BCUT2D eigenvalue weighted by Gasteiger charge is 2.28. The van der Waals surface area contributed by atoms with Crippen LogP contribution in [0.15, 0.2) is 30.3 Å². The Bertz CT molecular complexity index is 341. The Morgan fingerprint density at radius 1 is 1.33 bits per heavy atom. The molecule has 0 saturated heterocycles. The molecule has 0 aliphatic heterocycles. The van der Waals surface area contributed by atoms with Crippen molar-refractivity contribution in [1.82, 2.24) is 0 Å². The molecule has 0 saturated carbocycles. The molecule has 1 rings (SSSR count). The predicted molar refractivity (Wildman–Crippen MR) is 56.1 cm³/mol. The first-order chi connectivity index (χ1) is 7.06. The quantitative estimate of drug-likeness (QED) is 0.429. The number of carbonyl (C=O) groups excluding carboxylic acids is 2. The maximum Gasteiger partial charge on any atom is 0.319 e. The van der Waals surface area contributed by atoms with Crippen LogP contribution >= 0.6 is 0 Å². The summed E-state index contributed by atoms with van der Waals surface area (Å²) >= 11 is 0. The lowest BCUT2D eigenvalue weighted by molar-refractivity contribution is -0.156. The Morgan fingerprint density at radius 3 is 2.47 bits per heavy atom. The lowest BCUT2D eigenvalue weighted by atomic mass is 9.96. The first kappa shape index (κ1) is 11.4. The van der Waals surface area contributed by atoms with Gasteiger partial charge >= 0.3 is 5.97 Å². The minimum atomic E-state index is -1.06. The maximum atomic E-state index is 11.4. The van der Waals surface area contributed by atoms with Crippen LogP contribution in [-0.2, 0) is 20.9 Å². The van der Waals surface area contributed by atoms with E-state index in [1.807, 2.05) is 30.3 Å². The minimum Gasteiger partial charge on any atom is -0.460 e. The van der Waals surface area contributed by atoms with Crippen LogP contribution in [0.5, 0.6) is 0 Å². The van der Waals surface area contributed by atoms with Gasteiger partial charge in [0.2, 0.25) is 0 Å². The molecular formula is C12H14O3. The molecule has 3 heteroatoms. The summed E-state index contributed by atoms with van der Waals surface area (Å²) in [6.45, 7) is 3.28. The fourth-order valence-corrected chi connectivity index (χ4v) is 0.957. The largest absolute Gasteiger partial charge is 0.460 e. The number of aldehydes is 1. The normalized spacial score (nSPS) is 10.8. The molecule has 1 aromatic rings. The molecule has 0 aliphatic carbocycles. The highest BCUT2D eigenvalue weighted by Crippen LogP contribution is 2.14. The van der Waals surface area contributed by atoms with Crippen LogP contribution in [0.25, 0.3) is 0 Å². The van der Waals surface area contributed by atoms with Gasteiger partial charge in [0.25, 0.3) is 0 Å². The van der Waals surface area contributed by atoms with Gasteiger partial charge in [-0.1, -0.05) is 30.3 Å². The molecule has 0 N–H and O–H groups in total. The lowest BCUT2D eigenvalue weighted by Gasteiger charge is -2.15. The van der Waals surface area contributed by atoms with Crippen LogP contribution in [0.4, 0.5) is 0 Å². The van der Waals surface area contributed by atoms with E-state index in [2.05, 4.69) is 0 Å². The van der Waals surface area contributed by atoms with Gasteiger partial charge in [-0.25, -0.2) is 0 Å². The third kappa shape index (κ3) is 3.20. The summed E-state index contributed by atoms with van der Waals surface area (Å²) in [6.07, 6.45) is 0.598. The van der Waals surface area contributed by atoms with Gasteiger partial charge in [-0.15, -0.1) is 0 Å². The fourth-order valence-electron chi connectivity index (χ4n) is 0.957. The molecule has 0 heterocycles. The second-order valence-corrected chi connectivity index (χ2v) is 3.90. The highest BCUT2D eigenvalue weighted by atomic mass is 16.5. The molecule has 3 nitrogen and oxygen atoms in total. The SMILES string of the molecule is CC(C)(C=O)C(=O)OCc1ccccc1. The van der Waals surface area contributed by atoms with E-state index in [-0.39, 0.29) is 6.61 Å². The molecule has 0 radical (unpaired) electrons. The summed E-state index contributed by atoms with van der Waals surface area (Å²) in [5, 5.41) is 0. The van der Waals surface area contributed by atoms with Crippen LogP contribution in [0.1, 0.15) is 19.4 Å². The van der Waals surface area contributed by atoms with Crippen molar-refractivity contribution >= 4 is 12.3 Å². The molecule has 0 unspecified atom stereocenters. The number of carbonyl (C=O) groups is 2. The molecule has 80 valence electrons. The van der Waals surface area contributed by atoms with E-state index in [0.717, 1.165) is 5.56 Å². The van der Waals surface area contributed by atoms with Gasteiger partial charge < -0.3 is 9.53 Å². The smallest absolute Gasteiger partial charge is 0.319 e. The summed E-state index contributed by atoms with van der Waals surface area (Å²) in [5.41, 5.74) is -0.151. The molecule has 0 amide bonds. The van der Waals surface area contributed by atoms with Crippen molar-refractivity contribution in [3.8, 4) is 0 Å². The zero-order valence-electron chi connectivity index (χ0n) is 8.90. The van der Waals surface area contributed by atoms with Gasteiger partial charge in [0.1, 0.15) is 18.3 Å². The Hall–Kier alpha value is -1.64. The maximum absolute atomic E-state index is 11.4. The van der Waals surface area contributed by atoms with Crippen molar-refractivity contribution in [3.05, 3.63) is 35.9 Å². The van der Waals surface area contributed by atoms with Crippen LogP contribution in [0, 0.1) is 5.41 Å². The molecule has 1 aromatic carbocycles. The summed E-state index contributed by atoms with van der Waals surface area (Å²) in [6, 6.07) is 9.35. The lowest BCUT2D eigenvalue weighted by Crippen LogP contribution is -2.27. The Labute approximate surface area is 89.1 Å². The standard InChI is InChI=1S/C12H14O3/c1-12(2,9-13)11(14)15-8-10-6-4-3-5-7-10/h3-7,9H,8H2,1-2H3. The topological polar surface area (TPSA) is 43.4 Å². The molecule has 0 spiro atoms. The van der Waals surface area contributed by atoms with Gasteiger partial charge in [-0.3, -0.25) is 4.79 Å². The number of ether oxygens (including phenoxy) is 1. The average Bonchev–Trinajstić information content (AvgIpc) is 2.27. The number of benzene rings is 1. The van der Waals surface area contributed by atoms with Crippen LogP contribution in [0.2, 0.25) is 0 Å². The molecule has 0 atom stereocenters. The molecule has 0 aliphatic rings. The van der Waals surface area contributed by atoms with Crippen molar-refractivity contribution < 1.29 is 14.3 Å². The highest BCUT2D eigenvalue weighted by molar-refractivity contribution is 5.91. The van der Waals surface area contributed by atoms with Crippen LogP contribution in [-0.4, -0.2) is 12.3 Å². The van der Waals surface area contributed by atoms with Crippen molar-refractivity contribution in [3.63, 3.8) is 0 Å². The molecule has 15 heavy (non-hydrogen) atoms. The summed E-state index contributed by atoms with van der Waals surface area (Å²) in [5.74, 6) is -0.499. The van der Waals surface area contributed by atoms with Crippen molar-refractivity contribution in [2.45, 2.75) is 20.5 Å². The van der Waals surface area contributed by atoms with Gasteiger partial charge in [0.15, 0.2) is 0 Å². The summed E-state index contributed by atoms with van der Waals surface area (Å²) < 4.78 is 5.01. The summed E-state index contributed by atoms with van der Waals surface area (Å²) in [4.78, 5) is 22.0. The number of rotatable bonds is 4. The Kier molecular flexibility index (Phi) is 3.61. The van der Waals surface area contributed by atoms with Crippen molar-refractivity contribution in [2.24, 2.45) is 5.41 Å². The minimum absolute atomic E-state index is 0.205. The summed E-state index contributed by atoms with van der Waals surface area (Å²) in [7, 11) is 0. The molecule has 0 aromatic heterocycles. The Balaban J connectivity index is 2.52. The van der Waals surface area contributed by atoms with E-state index in [1.54, 1.807) is 0 Å². The van der Waals surface area contributed by atoms with Crippen LogP contribution in [0.3, 0.4) is 0 Å². The van der Waals surface area contributed by atoms with E-state index >= 15 is 0 Å². The van der Waals surface area contributed by atoms with Crippen LogP contribution < -0.4 is 0 Å². The second kappa shape index (κ2) is 4.73. The van der Waals surface area contributed by atoms with Gasteiger partial charge in [-0.2, -0.15) is 0 Å². The average molecular weight is 206 g/mol. The number of hydrogen-bond donors (Lipinski definition) is 0. The zero-order chi connectivity index (χ0) is 11.3. The third-order valence-electron chi connectivity index (χ3n) is 2.03. The first-order valence-electron chi connectivity index (χ1n) is 4.74. The third-order valence-corrected chi connectivity index (χ3v) is 2.03. The Morgan fingerprint density at radius 2 is 1.93 bits per heavy atom. The number of hydrogen-bond acceptors (Lipinski definition) is 3. The second-order valence-electron chi connectivity index (χ2n) is 3.90. The predicted octanol–water partition coefficient (Wildman–Crippen LogP) is 1.95. The van der Waals surface area contributed by atoms with Gasteiger partial charge in [-0.05, 0) is 19.4 Å². The molecule has 0 fully saturated rings. The zero-order valence-corrected chi connectivity index (χ0v) is 8.90. The van der Waals surface area contributed by atoms with Crippen molar-refractivity contribution in [1.29, 1.82) is 0 Å².